The summed E-state index contributed by atoms with van der Waals surface area (Å²) in [6.45, 7) is 0. The van der Waals surface area contributed by atoms with E-state index < -0.39 is 21.2 Å². The molecule has 3 rings (SSSR count). The summed E-state index contributed by atoms with van der Waals surface area (Å²) in [5.74, 6) is 0.880. The van der Waals surface area contributed by atoms with Crippen molar-refractivity contribution >= 4 is 39.2 Å². The van der Waals surface area contributed by atoms with Crippen LogP contribution in [0.2, 0.25) is 0 Å². The first-order valence-corrected chi connectivity index (χ1v) is 9.25. The van der Waals surface area contributed by atoms with Crippen molar-refractivity contribution < 1.29 is 19.3 Å². The van der Waals surface area contributed by atoms with Gasteiger partial charge in [0.15, 0.2) is 0 Å². The second-order valence-electron chi connectivity index (χ2n) is 5.91. The summed E-state index contributed by atoms with van der Waals surface area (Å²) in [5.41, 5.74) is 0.312. The fourth-order valence-corrected chi connectivity index (χ4v) is 2.87. The molecule has 0 aromatic heterocycles. The maximum Gasteiger partial charge on any atom is 0.318 e. The van der Waals surface area contributed by atoms with Crippen molar-refractivity contribution in [1.29, 1.82) is 0 Å². The van der Waals surface area contributed by atoms with E-state index in [1.54, 1.807) is 55.8 Å². The number of rotatable bonds is 7. The van der Waals surface area contributed by atoms with Gasteiger partial charge in [-0.1, -0.05) is 15.9 Å². The van der Waals surface area contributed by atoms with Crippen LogP contribution in [0.25, 0.3) is 0 Å². The maximum atomic E-state index is 11.3. The SMILES string of the molecule is COc1ccc(N=Cc2cc(Br)ccc2Oc2ccc([N+](=O)[O-])cc2[N+](=O)[O-])cc1. The molecule has 10 heteroatoms. The molecule has 30 heavy (non-hydrogen) atoms. The van der Waals surface area contributed by atoms with Gasteiger partial charge >= 0.3 is 5.69 Å². The van der Waals surface area contributed by atoms with Gasteiger partial charge in [-0.05, 0) is 48.5 Å². The Morgan fingerprint density at radius 3 is 2.27 bits per heavy atom. The Hall–Kier alpha value is -3.79. The highest BCUT2D eigenvalue weighted by molar-refractivity contribution is 9.10. The molecule has 0 radical (unpaired) electrons. The number of benzene rings is 3. The number of ether oxygens (including phenoxy) is 2. The predicted octanol–water partition coefficient (Wildman–Crippen LogP) is 5.82. The number of aliphatic imine (C=N–C) groups is 1. The van der Waals surface area contributed by atoms with Gasteiger partial charge < -0.3 is 9.47 Å². The smallest absolute Gasteiger partial charge is 0.318 e. The molecule has 3 aromatic carbocycles. The molecule has 0 aliphatic rings. The zero-order valence-electron chi connectivity index (χ0n) is 15.5. The van der Waals surface area contributed by atoms with Crippen molar-refractivity contribution in [2.45, 2.75) is 0 Å². The van der Waals surface area contributed by atoms with E-state index in [4.69, 9.17) is 9.47 Å². The van der Waals surface area contributed by atoms with E-state index in [1.165, 1.54) is 6.07 Å². The van der Waals surface area contributed by atoms with Crippen LogP contribution in [-0.2, 0) is 0 Å². The predicted molar refractivity (Wildman–Crippen MR) is 114 cm³/mol. The van der Waals surface area contributed by atoms with Crippen molar-refractivity contribution in [3.8, 4) is 17.2 Å². The second kappa shape index (κ2) is 9.14. The molecule has 0 N–H and O–H groups in total. The summed E-state index contributed by atoms with van der Waals surface area (Å²) in [6.07, 6.45) is 1.55. The van der Waals surface area contributed by atoms with E-state index in [2.05, 4.69) is 20.9 Å². The number of hydrogen-bond donors (Lipinski definition) is 0. The molecule has 0 spiro atoms. The monoisotopic (exact) mass is 471 g/mol. The highest BCUT2D eigenvalue weighted by Gasteiger charge is 2.21. The topological polar surface area (TPSA) is 117 Å². The fourth-order valence-electron chi connectivity index (χ4n) is 2.49. The Morgan fingerprint density at radius 2 is 1.63 bits per heavy atom. The lowest BCUT2D eigenvalue weighted by molar-refractivity contribution is -0.394. The van der Waals surface area contributed by atoms with Gasteiger partial charge in [0, 0.05) is 22.3 Å². The highest BCUT2D eigenvalue weighted by Crippen LogP contribution is 2.36. The van der Waals surface area contributed by atoms with E-state index in [1.807, 2.05) is 0 Å². The molecule has 0 saturated carbocycles. The molecule has 3 aromatic rings. The van der Waals surface area contributed by atoms with Crippen LogP contribution in [-0.4, -0.2) is 23.2 Å². The number of hydrogen-bond acceptors (Lipinski definition) is 7. The van der Waals surface area contributed by atoms with Gasteiger partial charge in [-0.15, -0.1) is 0 Å². The van der Waals surface area contributed by atoms with Crippen LogP contribution in [0.4, 0.5) is 17.1 Å². The molecule has 152 valence electrons. The number of nitro groups is 2. The third kappa shape index (κ3) is 4.97. The largest absolute Gasteiger partial charge is 0.497 e. The standard InChI is InChI=1S/C20H14BrN3O6/c1-29-17-6-3-15(4-7-17)22-12-13-10-14(21)2-8-19(13)30-20-9-5-16(23(25)26)11-18(20)24(27)28/h2-12H,1H3. The molecule has 0 aliphatic carbocycles. The van der Waals surface area contributed by atoms with Crippen LogP contribution >= 0.6 is 15.9 Å². The van der Waals surface area contributed by atoms with E-state index >= 15 is 0 Å². The fraction of sp³-hybridized carbons (Fsp3) is 0.0500. The number of nitrogens with zero attached hydrogens (tertiary/aromatic N) is 3. The quantitative estimate of drug-likeness (QED) is 0.243. The average molecular weight is 472 g/mol. The van der Waals surface area contributed by atoms with E-state index in [9.17, 15) is 20.2 Å². The van der Waals surface area contributed by atoms with Crippen LogP contribution in [0.15, 0.2) is 70.1 Å². The minimum atomic E-state index is -0.730. The summed E-state index contributed by atoms with van der Waals surface area (Å²) >= 11 is 3.37. The molecule has 0 fully saturated rings. The Kier molecular flexibility index (Phi) is 6.38. The van der Waals surface area contributed by atoms with Gasteiger partial charge in [-0.25, -0.2) is 0 Å². The van der Waals surface area contributed by atoms with Gasteiger partial charge in [0.25, 0.3) is 5.69 Å². The summed E-state index contributed by atoms with van der Waals surface area (Å²) in [4.78, 5) is 25.2. The molecule has 0 bridgehead atoms. The van der Waals surface area contributed by atoms with Crippen LogP contribution in [0.3, 0.4) is 0 Å². The Morgan fingerprint density at radius 1 is 0.933 bits per heavy atom. The molecule has 0 saturated heterocycles. The minimum Gasteiger partial charge on any atom is -0.497 e. The highest BCUT2D eigenvalue weighted by atomic mass is 79.9. The lowest BCUT2D eigenvalue weighted by Crippen LogP contribution is -1.97. The van der Waals surface area contributed by atoms with Crippen molar-refractivity contribution in [2.75, 3.05) is 7.11 Å². The summed E-state index contributed by atoms with van der Waals surface area (Å²) < 4.78 is 11.6. The van der Waals surface area contributed by atoms with Crippen molar-refractivity contribution in [1.82, 2.24) is 0 Å². The maximum absolute atomic E-state index is 11.3. The molecular weight excluding hydrogens is 458 g/mol. The summed E-state index contributed by atoms with van der Waals surface area (Å²) in [7, 11) is 1.57. The summed E-state index contributed by atoms with van der Waals surface area (Å²) in [6, 6.07) is 15.3. The first-order valence-electron chi connectivity index (χ1n) is 8.46. The molecule has 0 heterocycles. The third-order valence-electron chi connectivity index (χ3n) is 3.97. The average Bonchev–Trinajstić information content (AvgIpc) is 2.74. The molecule has 0 atom stereocenters. The number of halogens is 1. The van der Waals surface area contributed by atoms with Crippen LogP contribution in [0.1, 0.15) is 5.56 Å². The first kappa shape index (κ1) is 20.9. The lowest BCUT2D eigenvalue weighted by atomic mass is 10.2. The zero-order valence-corrected chi connectivity index (χ0v) is 17.1. The molecule has 0 unspecified atom stereocenters. The summed E-state index contributed by atoms with van der Waals surface area (Å²) in [5, 5.41) is 22.3. The molecular formula is C20H14BrN3O6. The van der Waals surface area contributed by atoms with Crippen LogP contribution in [0, 0.1) is 20.2 Å². The van der Waals surface area contributed by atoms with Crippen molar-refractivity contribution in [2.24, 2.45) is 4.99 Å². The Labute approximate surface area is 179 Å². The lowest BCUT2D eigenvalue weighted by Gasteiger charge is -2.09. The number of non-ortho nitro benzene ring substituents is 1. The second-order valence-corrected chi connectivity index (χ2v) is 6.82. The van der Waals surface area contributed by atoms with Gasteiger partial charge in [-0.2, -0.15) is 0 Å². The van der Waals surface area contributed by atoms with Gasteiger partial charge in [0.05, 0.1) is 28.7 Å². The van der Waals surface area contributed by atoms with Crippen molar-refractivity contribution in [3.63, 3.8) is 0 Å². The Bertz CT molecular complexity index is 1130. The van der Waals surface area contributed by atoms with E-state index in [0.29, 0.717) is 22.7 Å². The Balaban J connectivity index is 1.95. The first-order chi connectivity index (χ1) is 14.4. The van der Waals surface area contributed by atoms with Gasteiger partial charge in [0.1, 0.15) is 11.5 Å². The van der Waals surface area contributed by atoms with E-state index in [0.717, 1.165) is 16.6 Å². The number of methoxy groups -OCH3 is 1. The van der Waals surface area contributed by atoms with E-state index in [-0.39, 0.29) is 5.75 Å². The molecule has 0 aliphatic heterocycles. The number of nitro benzene ring substituents is 2. The normalized spacial score (nSPS) is 10.7. The van der Waals surface area contributed by atoms with Gasteiger partial charge in [0.2, 0.25) is 5.75 Å². The van der Waals surface area contributed by atoms with Crippen molar-refractivity contribution in [3.05, 3.63) is 90.9 Å². The third-order valence-corrected chi connectivity index (χ3v) is 4.46. The van der Waals surface area contributed by atoms with Crippen LogP contribution in [0.5, 0.6) is 17.2 Å². The van der Waals surface area contributed by atoms with Gasteiger partial charge in [-0.3, -0.25) is 25.2 Å². The molecule has 0 amide bonds. The van der Waals surface area contributed by atoms with Crippen LogP contribution < -0.4 is 9.47 Å². The minimum absolute atomic E-state index is 0.119. The molecule has 9 nitrogen and oxygen atoms in total. The zero-order chi connectivity index (χ0) is 21.7.